The van der Waals surface area contributed by atoms with Crippen LogP contribution in [0.3, 0.4) is 0 Å². The van der Waals surface area contributed by atoms with Gasteiger partial charge >= 0.3 is 0 Å². The van der Waals surface area contributed by atoms with Gasteiger partial charge < -0.3 is 8.99 Å². The van der Waals surface area contributed by atoms with E-state index in [4.69, 9.17) is 4.43 Å². The second-order valence-corrected chi connectivity index (χ2v) is 46.4. The Balaban J connectivity index is 1.97. The van der Waals surface area contributed by atoms with Crippen molar-refractivity contribution in [1.29, 1.82) is 0 Å². The number of rotatable bonds is 5. The Bertz CT molecular complexity index is 726. The summed E-state index contributed by atoms with van der Waals surface area (Å²) >= 11 is 0. The first-order valence-electron chi connectivity index (χ1n) is 13.1. The van der Waals surface area contributed by atoms with Gasteiger partial charge in [-0.05, 0) is 96.7 Å². The molecule has 1 heterocycles. The summed E-state index contributed by atoms with van der Waals surface area (Å²) in [6.07, 6.45) is 8.85. The van der Waals surface area contributed by atoms with Crippen LogP contribution in [0.2, 0.25) is 58.9 Å². The quantitative estimate of drug-likeness (QED) is 0.221. The fraction of sp³-hybridized carbons (Fsp3) is 0.920. The zero-order valence-electron chi connectivity index (χ0n) is 22.8. The molecule has 178 valence electrons. The number of hydrogen-bond donors (Lipinski definition) is 0. The van der Waals surface area contributed by atoms with Crippen LogP contribution in [0.1, 0.15) is 59.3 Å². The van der Waals surface area contributed by atoms with E-state index in [1.165, 1.54) is 38.5 Å². The third-order valence-electron chi connectivity index (χ3n) is 8.84. The van der Waals surface area contributed by atoms with Gasteiger partial charge in [0.15, 0.2) is 7.27 Å². The first kappa shape index (κ1) is 24.3. The molecule has 6 heteroatoms. The van der Waals surface area contributed by atoms with Gasteiger partial charge in [0.25, 0.3) is 0 Å². The van der Waals surface area contributed by atoms with E-state index in [1.54, 1.807) is 5.76 Å². The average molecular weight is 494 g/mol. The van der Waals surface area contributed by atoms with Crippen LogP contribution in [-0.4, -0.2) is 40.9 Å². The maximum atomic E-state index is 7.37. The molecule has 0 atom stereocenters. The van der Waals surface area contributed by atoms with Gasteiger partial charge in [-0.1, -0.05) is 39.3 Å². The van der Waals surface area contributed by atoms with Crippen LogP contribution in [0, 0.1) is 23.2 Å². The molecule has 0 aromatic heterocycles. The lowest BCUT2D eigenvalue weighted by atomic mass is 9.49. The monoisotopic (exact) mass is 493 g/mol. The standard InChI is InChI=1S/C25H51NOSi4/c1-24(2,3)26-23(31(26,29(7,8)9)30(10,11)12)22(27-28(4,5)6)25-16-19-13-20(17-25)15-21(14-19)18-25/h19-21H,13-18H2,1-12H3/b23-22+. The Kier molecular flexibility index (Phi) is 5.40. The van der Waals surface area contributed by atoms with Crippen LogP contribution in [0.4, 0.5) is 0 Å². The highest BCUT2D eigenvalue weighted by Crippen LogP contribution is 2.67. The molecule has 2 nitrogen and oxygen atoms in total. The van der Waals surface area contributed by atoms with Crippen LogP contribution in [0.25, 0.3) is 0 Å². The molecule has 5 aliphatic rings. The van der Waals surface area contributed by atoms with Crippen molar-refractivity contribution in [2.24, 2.45) is 23.2 Å². The summed E-state index contributed by atoms with van der Waals surface area (Å²) < 4.78 is 10.4. The smallest absolute Gasteiger partial charge is 0.241 e. The van der Waals surface area contributed by atoms with Gasteiger partial charge in [-0.3, -0.25) is 0 Å². The Hall–Kier alpha value is 0.208. The van der Waals surface area contributed by atoms with E-state index < -0.39 is 30.8 Å². The molecule has 5 rings (SSSR count). The summed E-state index contributed by atoms with van der Waals surface area (Å²) in [5.41, 5.74) is 0.598. The van der Waals surface area contributed by atoms with E-state index in [9.17, 15) is 0 Å². The van der Waals surface area contributed by atoms with Crippen LogP contribution >= 0.6 is 0 Å². The molecule has 4 bridgehead atoms. The lowest BCUT2D eigenvalue weighted by molar-refractivity contribution is -0.0493. The van der Waals surface area contributed by atoms with E-state index >= 15 is 0 Å². The number of allylic oxidation sites excluding steroid dienone is 1. The topological polar surface area (TPSA) is 12.2 Å². The Morgan fingerprint density at radius 2 is 1.19 bits per heavy atom. The zero-order valence-corrected chi connectivity index (χ0v) is 26.8. The average Bonchev–Trinajstić information content (AvgIpc) is 3.21. The highest BCUT2D eigenvalue weighted by atomic mass is 29.7. The van der Waals surface area contributed by atoms with Crippen molar-refractivity contribution in [3.05, 3.63) is 11.1 Å². The van der Waals surface area contributed by atoms with Gasteiger partial charge in [0.2, 0.25) is 8.32 Å². The predicted molar refractivity (Wildman–Crippen MR) is 146 cm³/mol. The minimum absolute atomic E-state index is 0.221. The fourth-order valence-corrected chi connectivity index (χ4v) is 57.6. The molecule has 31 heavy (non-hydrogen) atoms. The second-order valence-electron chi connectivity index (χ2n) is 15.8. The van der Waals surface area contributed by atoms with Crippen LogP contribution in [0.15, 0.2) is 11.1 Å². The minimum Gasteiger partial charge on any atom is -0.546 e. The van der Waals surface area contributed by atoms with Gasteiger partial charge in [-0.2, -0.15) is 0 Å². The SMILES string of the molecule is CC(C)(C)N1/C(=C(\O[Si](C)(C)C)C23CC4CC(CC(C4)C2)C3)[Si]1([Si](C)(C)C)[Si](C)(C)C. The molecule has 0 N–H and O–H groups in total. The maximum Gasteiger partial charge on any atom is 0.241 e. The first-order valence-corrected chi connectivity index (χ1v) is 27.4. The third-order valence-corrected chi connectivity index (χ3v) is 45.8. The first-order chi connectivity index (χ1) is 13.8. The third kappa shape index (κ3) is 3.74. The highest BCUT2D eigenvalue weighted by molar-refractivity contribution is 7.74. The molecule has 0 unspecified atom stereocenters. The second kappa shape index (κ2) is 6.88. The van der Waals surface area contributed by atoms with E-state index in [2.05, 4.69) is 84.3 Å². The van der Waals surface area contributed by atoms with Crippen molar-refractivity contribution >= 4 is 30.8 Å². The largest absolute Gasteiger partial charge is 0.546 e. The summed E-state index contributed by atoms with van der Waals surface area (Å²) in [5, 5.41) is 1.85. The van der Waals surface area contributed by atoms with E-state index in [0.717, 1.165) is 17.8 Å². The molecule has 4 saturated carbocycles. The molecule has 0 aromatic carbocycles. The van der Waals surface area contributed by atoms with Gasteiger partial charge in [-0.15, -0.1) is 0 Å². The Labute approximate surface area is 197 Å². The molecule has 1 saturated heterocycles. The Morgan fingerprint density at radius 1 is 0.806 bits per heavy atom. The van der Waals surface area contributed by atoms with E-state index in [0.29, 0.717) is 5.41 Å². The van der Waals surface area contributed by atoms with Crippen molar-refractivity contribution in [3.8, 4) is 0 Å². The van der Waals surface area contributed by atoms with Crippen molar-refractivity contribution in [1.82, 2.24) is 4.57 Å². The van der Waals surface area contributed by atoms with Gasteiger partial charge in [-0.25, -0.2) is 0 Å². The highest BCUT2D eigenvalue weighted by Gasteiger charge is 2.78. The van der Waals surface area contributed by atoms with Crippen LogP contribution in [-0.2, 0) is 4.43 Å². The summed E-state index contributed by atoms with van der Waals surface area (Å²) in [7, 11) is -6.16. The van der Waals surface area contributed by atoms with E-state index in [1.807, 2.05) is 5.32 Å². The maximum absolute atomic E-state index is 7.37. The molecule has 4 aliphatic carbocycles. The molecule has 5 fully saturated rings. The number of nitrogens with zero attached hydrogens (tertiary/aromatic N) is 1. The van der Waals surface area contributed by atoms with Gasteiger partial charge in [0.05, 0.1) is 15.2 Å². The lowest BCUT2D eigenvalue weighted by Crippen LogP contribution is -2.67. The minimum atomic E-state index is -1.70. The summed E-state index contributed by atoms with van der Waals surface area (Å²) in [6.45, 7) is 31.0. The normalized spacial score (nSPS) is 36.6. The molecule has 0 spiro atoms. The molecule has 1 aliphatic heterocycles. The molecular formula is C25H51NOSi4. The summed E-state index contributed by atoms with van der Waals surface area (Å²) in [5.74, 6) is 4.52. The van der Waals surface area contributed by atoms with E-state index in [-0.39, 0.29) is 5.54 Å². The van der Waals surface area contributed by atoms with Gasteiger partial charge in [0.1, 0.15) is 5.76 Å². The Morgan fingerprint density at radius 3 is 1.45 bits per heavy atom. The fourth-order valence-electron chi connectivity index (χ4n) is 8.96. The lowest BCUT2D eigenvalue weighted by Gasteiger charge is -2.57. The summed E-state index contributed by atoms with van der Waals surface area (Å²) in [4.78, 5) is 0. The van der Waals surface area contributed by atoms with Crippen LogP contribution in [0.5, 0.6) is 0 Å². The number of hydrogen-bond acceptors (Lipinski definition) is 2. The molecule has 0 radical (unpaired) electrons. The molecule has 0 aromatic rings. The zero-order chi connectivity index (χ0) is 23.4. The van der Waals surface area contributed by atoms with Crippen molar-refractivity contribution in [2.45, 2.75) is 124 Å². The van der Waals surface area contributed by atoms with Crippen molar-refractivity contribution < 1.29 is 4.43 Å². The predicted octanol–water partition coefficient (Wildman–Crippen LogP) is 7.70. The van der Waals surface area contributed by atoms with Crippen LogP contribution < -0.4 is 0 Å². The molecular weight excluding hydrogens is 443 g/mol. The molecule has 0 amide bonds. The van der Waals surface area contributed by atoms with Crippen molar-refractivity contribution in [2.75, 3.05) is 0 Å². The summed E-state index contributed by atoms with van der Waals surface area (Å²) in [6, 6.07) is 0. The van der Waals surface area contributed by atoms with Gasteiger partial charge in [0, 0.05) is 16.3 Å². The van der Waals surface area contributed by atoms with Crippen molar-refractivity contribution in [3.63, 3.8) is 0 Å².